The molecule has 5 N–H and O–H groups in total. The van der Waals surface area contributed by atoms with Crippen molar-refractivity contribution >= 4 is 11.8 Å². The topological polar surface area (TPSA) is 137 Å². The Morgan fingerprint density at radius 2 is 2.09 bits per heavy atom. The zero-order chi connectivity index (χ0) is 16.8. The molecule has 0 aliphatic carbocycles. The predicted molar refractivity (Wildman–Crippen MR) is 72.2 cm³/mol. The molecule has 2 rings (SSSR count). The summed E-state index contributed by atoms with van der Waals surface area (Å²) < 4.78 is 10.3. The van der Waals surface area contributed by atoms with Crippen LogP contribution in [0, 0.1) is 0 Å². The van der Waals surface area contributed by atoms with E-state index < -0.39 is 35.0 Å². The highest BCUT2D eigenvalue weighted by atomic mass is 16.6. The van der Waals surface area contributed by atoms with Gasteiger partial charge in [-0.25, -0.2) is 0 Å². The summed E-state index contributed by atoms with van der Waals surface area (Å²) in [5.41, 5.74) is -5.53. The van der Waals surface area contributed by atoms with Crippen LogP contribution in [0.2, 0.25) is 0 Å². The summed E-state index contributed by atoms with van der Waals surface area (Å²) in [5, 5.41) is 33.7. The monoisotopic (exact) mass is 316 g/mol. The molecule has 0 bridgehead atoms. The Bertz CT molecular complexity index is 521. The summed E-state index contributed by atoms with van der Waals surface area (Å²) in [6, 6.07) is 0. The number of hydrogen-bond donors (Lipinski definition) is 5. The number of rotatable bonds is 4. The molecule has 2 aliphatic rings. The second-order valence-corrected chi connectivity index (χ2v) is 5.65. The quantitative estimate of drug-likeness (QED) is 0.357. The molecule has 4 atom stereocenters. The van der Waals surface area contributed by atoms with Gasteiger partial charge in [-0.3, -0.25) is 9.59 Å². The third kappa shape index (κ3) is 2.13. The maximum absolute atomic E-state index is 12.5. The zero-order valence-corrected chi connectivity index (χ0v) is 12.4. The van der Waals surface area contributed by atoms with E-state index in [-0.39, 0.29) is 25.2 Å². The van der Waals surface area contributed by atoms with Crippen molar-refractivity contribution in [3.05, 3.63) is 12.2 Å². The van der Waals surface area contributed by atoms with Gasteiger partial charge in [0.2, 0.25) is 5.72 Å². The number of methoxy groups -OCH3 is 1. The Morgan fingerprint density at radius 1 is 1.45 bits per heavy atom. The van der Waals surface area contributed by atoms with E-state index >= 15 is 0 Å². The highest BCUT2D eigenvalue weighted by Gasteiger charge is 2.66. The Balaban J connectivity index is 2.35. The summed E-state index contributed by atoms with van der Waals surface area (Å²) in [5.74, 6) is -1.69. The van der Waals surface area contributed by atoms with E-state index in [1.807, 2.05) is 0 Å². The minimum Gasteiger partial charge on any atom is -0.396 e. The molecule has 2 amide bonds. The van der Waals surface area contributed by atoms with Crippen molar-refractivity contribution in [1.29, 1.82) is 0 Å². The van der Waals surface area contributed by atoms with Crippen LogP contribution in [-0.2, 0) is 19.1 Å². The molecular formula is C13H20N2O7. The van der Waals surface area contributed by atoms with Gasteiger partial charge in [0.1, 0.15) is 11.7 Å². The molecule has 9 nitrogen and oxygen atoms in total. The Kier molecular flexibility index (Phi) is 4.05. The second-order valence-electron chi connectivity index (χ2n) is 5.65. The van der Waals surface area contributed by atoms with Gasteiger partial charge >= 0.3 is 0 Å². The summed E-state index contributed by atoms with van der Waals surface area (Å²) in [6.45, 7) is 4.31. The molecular weight excluding hydrogens is 296 g/mol. The SMILES string of the molecule is C=C(CCO)[C@]1(OC)NC(=O)C2(NC1=O)OC[C@](C)(O)[C@@H]2O. The fourth-order valence-electron chi connectivity index (χ4n) is 2.62. The van der Waals surface area contributed by atoms with Crippen molar-refractivity contribution < 1.29 is 34.4 Å². The van der Waals surface area contributed by atoms with Crippen LogP contribution in [0.25, 0.3) is 0 Å². The smallest absolute Gasteiger partial charge is 0.280 e. The third-order valence-electron chi connectivity index (χ3n) is 4.03. The second kappa shape index (κ2) is 5.28. The number of hydrogen-bond acceptors (Lipinski definition) is 7. The minimum atomic E-state index is -2.10. The van der Waals surface area contributed by atoms with E-state index in [1.165, 1.54) is 14.0 Å². The van der Waals surface area contributed by atoms with E-state index in [0.717, 1.165) is 0 Å². The number of aliphatic hydroxyl groups excluding tert-OH is 2. The molecule has 0 aromatic heterocycles. The van der Waals surface area contributed by atoms with E-state index in [9.17, 15) is 19.8 Å². The summed E-state index contributed by atoms with van der Waals surface area (Å²) >= 11 is 0. The highest BCUT2D eigenvalue weighted by Crippen LogP contribution is 2.36. The number of piperazine rings is 1. The van der Waals surface area contributed by atoms with E-state index in [1.54, 1.807) is 0 Å². The number of carbonyl (C=O) groups is 2. The van der Waals surface area contributed by atoms with E-state index in [4.69, 9.17) is 14.6 Å². The maximum atomic E-state index is 12.5. The van der Waals surface area contributed by atoms with Crippen LogP contribution < -0.4 is 10.6 Å². The summed E-state index contributed by atoms with van der Waals surface area (Å²) in [6.07, 6.45) is -1.64. The van der Waals surface area contributed by atoms with Crippen molar-refractivity contribution in [1.82, 2.24) is 10.6 Å². The molecule has 0 saturated carbocycles. The van der Waals surface area contributed by atoms with Crippen LogP contribution in [0.15, 0.2) is 12.2 Å². The molecule has 0 aromatic carbocycles. The molecule has 0 radical (unpaired) electrons. The Morgan fingerprint density at radius 3 is 2.55 bits per heavy atom. The van der Waals surface area contributed by atoms with Crippen LogP contribution in [0.4, 0.5) is 0 Å². The Labute approximate surface area is 126 Å². The van der Waals surface area contributed by atoms with Gasteiger partial charge in [-0.2, -0.15) is 0 Å². The number of ether oxygens (including phenoxy) is 2. The first kappa shape index (κ1) is 16.8. The van der Waals surface area contributed by atoms with Crippen LogP contribution >= 0.6 is 0 Å². The van der Waals surface area contributed by atoms with Crippen LogP contribution in [0.1, 0.15) is 13.3 Å². The predicted octanol–water partition coefficient (Wildman–Crippen LogP) is -2.65. The molecule has 9 heteroatoms. The summed E-state index contributed by atoms with van der Waals surface area (Å²) in [4.78, 5) is 24.9. The average molecular weight is 316 g/mol. The van der Waals surface area contributed by atoms with Gasteiger partial charge in [-0.1, -0.05) is 6.58 Å². The summed E-state index contributed by atoms with van der Waals surface area (Å²) in [7, 11) is 1.20. The molecule has 2 saturated heterocycles. The Hall–Kier alpha value is -1.52. The fourth-order valence-corrected chi connectivity index (χ4v) is 2.62. The van der Waals surface area contributed by atoms with Crippen molar-refractivity contribution in [3.63, 3.8) is 0 Å². The number of amides is 2. The number of aliphatic hydroxyl groups is 3. The molecule has 124 valence electrons. The highest BCUT2D eigenvalue weighted by molar-refractivity contribution is 6.03. The normalized spacial score (nSPS) is 41.4. The van der Waals surface area contributed by atoms with Gasteiger partial charge in [0.15, 0.2) is 0 Å². The molecule has 2 fully saturated rings. The van der Waals surface area contributed by atoms with Crippen molar-refractivity contribution in [2.24, 2.45) is 0 Å². The van der Waals surface area contributed by atoms with Gasteiger partial charge in [-0.15, -0.1) is 0 Å². The zero-order valence-electron chi connectivity index (χ0n) is 12.4. The lowest BCUT2D eigenvalue weighted by molar-refractivity contribution is -0.187. The average Bonchev–Trinajstić information content (AvgIpc) is 2.68. The van der Waals surface area contributed by atoms with Gasteiger partial charge < -0.3 is 35.4 Å². The first-order valence-electron chi connectivity index (χ1n) is 6.70. The number of nitrogens with one attached hydrogen (secondary N) is 2. The van der Waals surface area contributed by atoms with E-state index in [0.29, 0.717) is 0 Å². The first-order valence-corrected chi connectivity index (χ1v) is 6.70. The maximum Gasteiger partial charge on any atom is 0.280 e. The van der Waals surface area contributed by atoms with E-state index in [2.05, 4.69) is 17.2 Å². The molecule has 2 aliphatic heterocycles. The number of carbonyl (C=O) groups excluding carboxylic acids is 2. The van der Waals surface area contributed by atoms with Gasteiger partial charge in [0.25, 0.3) is 17.5 Å². The lowest BCUT2D eigenvalue weighted by atomic mass is 9.89. The van der Waals surface area contributed by atoms with Crippen molar-refractivity contribution in [2.45, 2.75) is 36.5 Å². The standard InChI is InChI=1S/C13H20N2O7/c1-7(4-5-16)12(21-3)9(18)15-13(10(19)14-12)8(17)11(2,20)6-22-13/h8,16-17,20H,1,4-6H2,2-3H3,(H,14,19)(H,15,18)/t8-,11-,12+,13?/m0/s1. The van der Waals surface area contributed by atoms with Crippen molar-refractivity contribution in [3.8, 4) is 0 Å². The minimum absolute atomic E-state index is 0.0235. The van der Waals surface area contributed by atoms with Gasteiger partial charge in [0, 0.05) is 13.7 Å². The van der Waals surface area contributed by atoms with Crippen molar-refractivity contribution in [2.75, 3.05) is 20.3 Å². The molecule has 1 unspecified atom stereocenters. The fraction of sp³-hybridized carbons (Fsp3) is 0.692. The lowest BCUT2D eigenvalue weighted by Crippen LogP contribution is -2.79. The van der Waals surface area contributed by atoms with Crippen LogP contribution in [-0.4, -0.2) is 70.6 Å². The van der Waals surface area contributed by atoms with Gasteiger partial charge in [0.05, 0.1) is 6.61 Å². The molecule has 2 heterocycles. The first-order chi connectivity index (χ1) is 10.2. The molecule has 1 spiro atoms. The van der Waals surface area contributed by atoms with Gasteiger partial charge in [-0.05, 0) is 18.9 Å². The third-order valence-corrected chi connectivity index (χ3v) is 4.03. The molecule has 22 heavy (non-hydrogen) atoms. The largest absolute Gasteiger partial charge is 0.396 e. The molecule has 0 aromatic rings. The lowest BCUT2D eigenvalue weighted by Gasteiger charge is -2.44. The van der Waals surface area contributed by atoms with Crippen LogP contribution in [0.3, 0.4) is 0 Å². The van der Waals surface area contributed by atoms with Crippen LogP contribution in [0.5, 0.6) is 0 Å².